The third-order valence-electron chi connectivity index (χ3n) is 5.57. The Labute approximate surface area is 177 Å². The molecule has 1 fully saturated rings. The zero-order chi connectivity index (χ0) is 20.9. The maximum Gasteiger partial charge on any atom is 0.290 e. The first-order valence-electron chi connectivity index (χ1n) is 10.4. The summed E-state index contributed by atoms with van der Waals surface area (Å²) in [4.78, 5) is 17.5. The minimum atomic E-state index is -0.0509. The van der Waals surface area contributed by atoms with Crippen molar-refractivity contribution in [2.45, 2.75) is 20.1 Å². The van der Waals surface area contributed by atoms with Crippen LogP contribution >= 0.6 is 0 Å². The molecular weight excluding hydrogens is 380 g/mol. The Morgan fingerprint density at radius 2 is 1.77 bits per heavy atom. The normalized spacial score (nSPS) is 14.9. The molecular formula is C24H28N2O4. The summed E-state index contributed by atoms with van der Waals surface area (Å²) in [6.45, 7) is 6.82. The van der Waals surface area contributed by atoms with Gasteiger partial charge in [0.15, 0.2) is 5.76 Å². The highest BCUT2D eigenvalue weighted by atomic mass is 16.5. The number of ether oxygens (including phenoxy) is 2. The van der Waals surface area contributed by atoms with Gasteiger partial charge < -0.3 is 18.8 Å². The van der Waals surface area contributed by atoms with Gasteiger partial charge >= 0.3 is 0 Å². The molecule has 2 heterocycles. The molecule has 0 N–H and O–H groups in total. The number of carbonyl (C=O) groups excluding carboxylic acids is 1. The predicted molar refractivity (Wildman–Crippen MR) is 116 cm³/mol. The minimum absolute atomic E-state index is 0.0509. The number of carbonyl (C=O) groups is 1. The first kappa shape index (κ1) is 20.4. The Hall–Kier alpha value is -2.83. The summed E-state index contributed by atoms with van der Waals surface area (Å²) in [7, 11) is 1.67. The first-order valence-corrected chi connectivity index (χ1v) is 10.4. The zero-order valence-electron chi connectivity index (χ0n) is 17.6. The molecule has 1 aliphatic heterocycles. The SMILES string of the molecule is CCOCc1c(C(=O)N2CCN(Cc3ccc(OC)cc3)CC2)oc2ccccc12. The van der Waals surface area contributed by atoms with Gasteiger partial charge in [-0.1, -0.05) is 30.3 Å². The van der Waals surface area contributed by atoms with Crippen molar-refractivity contribution in [3.8, 4) is 5.75 Å². The first-order chi connectivity index (χ1) is 14.7. The molecule has 0 saturated carbocycles. The maximum absolute atomic E-state index is 13.2. The van der Waals surface area contributed by atoms with Gasteiger partial charge in [-0.3, -0.25) is 9.69 Å². The number of fused-ring (bicyclic) bond motifs is 1. The second-order valence-corrected chi connectivity index (χ2v) is 7.46. The molecule has 4 rings (SSSR count). The zero-order valence-corrected chi connectivity index (χ0v) is 17.6. The lowest BCUT2D eigenvalue weighted by molar-refractivity contribution is 0.0591. The van der Waals surface area contributed by atoms with Crippen molar-refractivity contribution >= 4 is 16.9 Å². The van der Waals surface area contributed by atoms with Crippen LogP contribution in [0.15, 0.2) is 52.9 Å². The number of piperazine rings is 1. The Bertz CT molecular complexity index is 988. The Kier molecular flexibility index (Phi) is 6.35. The van der Waals surface area contributed by atoms with Crippen LogP contribution in [-0.4, -0.2) is 55.6 Å². The molecule has 30 heavy (non-hydrogen) atoms. The predicted octanol–water partition coefficient (Wildman–Crippen LogP) is 3.94. The summed E-state index contributed by atoms with van der Waals surface area (Å²) < 4.78 is 16.8. The van der Waals surface area contributed by atoms with E-state index in [1.807, 2.05) is 48.2 Å². The second-order valence-electron chi connectivity index (χ2n) is 7.46. The fourth-order valence-corrected chi connectivity index (χ4v) is 3.86. The molecule has 3 aromatic rings. The van der Waals surface area contributed by atoms with Crippen molar-refractivity contribution in [1.82, 2.24) is 9.80 Å². The lowest BCUT2D eigenvalue weighted by atomic mass is 10.1. The average molecular weight is 408 g/mol. The number of furan rings is 1. The molecule has 1 aromatic heterocycles. The summed E-state index contributed by atoms with van der Waals surface area (Å²) in [6, 6.07) is 15.9. The van der Waals surface area contributed by atoms with Crippen molar-refractivity contribution in [3.63, 3.8) is 0 Å². The molecule has 0 spiro atoms. The van der Waals surface area contributed by atoms with E-state index in [0.29, 0.717) is 32.1 Å². The smallest absolute Gasteiger partial charge is 0.290 e. The van der Waals surface area contributed by atoms with Crippen LogP contribution in [0.1, 0.15) is 28.6 Å². The molecule has 0 bridgehead atoms. The number of amides is 1. The molecule has 0 aliphatic carbocycles. The highest BCUT2D eigenvalue weighted by molar-refractivity contribution is 5.99. The third kappa shape index (κ3) is 4.35. The van der Waals surface area contributed by atoms with E-state index in [9.17, 15) is 4.79 Å². The Morgan fingerprint density at radius 1 is 1.03 bits per heavy atom. The van der Waals surface area contributed by atoms with Gasteiger partial charge in [0.05, 0.1) is 13.7 Å². The summed E-state index contributed by atoms with van der Waals surface area (Å²) in [5.41, 5.74) is 2.82. The van der Waals surface area contributed by atoms with Crippen LogP contribution in [0, 0.1) is 0 Å². The quantitative estimate of drug-likeness (QED) is 0.593. The van der Waals surface area contributed by atoms with Crippen LogP contribution in [0.4, 0.5) is 0 Å². The largest absolute Gasteiger partial charge is 0.497 e. The molecule has 158 valence electrons. The lowest BCUT2D eigenvalue weighted by Crippen LogP contribution is -2.48. The highest BCUT2D eigenvalue weighted by Gasteiger charge is 2.28. The lowest BCUT2D eigenvalue weighted by Gasteiger charge is -2.34. The molecule has 1 aliphatic rings. The molecule has 1 amide bonds. The van der Waals surface area contributed by atoms with E-state index in [-0.39, 0.29) is 5.91 Å². The summed E-state index contributed by atoms with van der Waals surface area (Å²) in [6.07, 6.45) is 0. The van der Waals surface area contributed by atoms with Gasteiger partial charge in [-0.2, -0.15) is 0 Å². The second kappa shape index (κ2) is 9.32. The Morgan fingerprint density at radius 3 is 2.47 bits per heavy atom. The molecule has 0 atom stereocenters. The summed E-state index contributed by atoms with van der Waals surface area (Å²) in [5, 5.41) is 0.951. The van der Waals surface area contributed by atoms with Crippen molar-refractivity contribution in [1.29, 1.82) is 0 Å². The van der Waals surface area contributed by atoms with Crippen LogP contribution in [0.3, 0.4) is 0 Å². The summed E-state index contributed by atoms with van der Waals surface area (Å²) in [5.74, 6) is 1.22. The number of rotatable bonds is 7. The summed E-state index contributed by atoms with van der Waals surface area (Å²) >= 11 is 0. The molecule has 6 heteroatoms. The van der Waals surface area contributed by atoms with E-state index in [0.717, 1.165) is 41.9 Å². The number of methoxy groups -OCH3 is 1. The highest BCUT2D eigenvalue weighted by Crippen LogP contribution is 2.28. The van der Waals surface area contributed by atoms with E-state index >= 15 is 0 Å². The van der Waals surface area contributed by atoms with Gasteiger partial charge in [0.1, 0.15) is 11.3 Å². The molecule has 6 nitrogen and oxygen atoms in total. The number of benzene rings is 2. The van der Waals surface area contributed by atoms with E-state index in [1.165, 1.54) is 5.56 Å². The van der Waals surface area contributed by atoms with Gasteiger partial charge in [0, 0.05) is 50.3 Å². The van der Waals surface area contributed by atoms with Crippen molar-refractivity contribution < 1.29 is 18.7 Å². The van der Waals surface area contributed by atoms with Crippen LogP contribution < -0.4 is 4.74 Å². The standard InChI is InChI=1S/C24H28N2O4/c1-3-29-17-21-20-6-4-5-7-22(20)30-23(21)24(27)26-14-12-25(13-15-26)16-18-8-10-19(28-2)11-9-18/h4-11H,3,12-17H2,1-2H3. The number of nitrogens with zero attached hydrogens (tertiary/aromatic N) is 2. The fraction of sp³-hybridized carbons (Fsp3) is 0.375. The average Bonchev–Trinajstić information content (AvgIpc) is 3.17. The molecule has 2 aromatic carbocycles. The van der Waals surface area contributed by atoms with E-state index in [4.69, 9.17) is 13.9 Å². The van der Waals surface area contributed by atoms with Crippen molar-refractivity contribution in [2.24, 2.45) is 0 Å². The van der Waals surface area contributed by atoms with Crippen molar-refractivity contribution in [3.05, 3.63) is 65.4 Å². The van der Waals surface area contributed by atoms with Crippen LogP contribution in [-0.2, 0) is 17.9 Å². The molecule has 1 saturated heterocycles. The van der Waals surface area contributed by atoms with Crippen molar-refractivity contribution in [2.75, 3.05) is 39.9 Å². The monoisotopic (exact) mass is 408 g/mol. The van der Waals surface area contributed by atoms with Gasteiger partial charge in [0.2, 0.25) is 0 Å². The van der Waals surface area contributed by atoms with Gasteiger partial charge in [-0.25, -0.2) is 0 Å². The number of para-hydroxylation sites is 1. The molecule has 0 unspecified atom stereocenters. The topological polar surface area (TPSA) is 55.2 Å². The van der Waals surface area contributed by atoms with Gasteiger partial charge in [-0.15, -0.1) is 0 Å². The number of hydrogen-bond acceptors (Lipinski definition) is 5. The van der Waals surface area contributed by atoms with Gasteiger partial charge in [0.25, 0.3) is 5.91 Å². The van der Waals surface area contributed by atoms with Gasteiger partial charge in [-0.05, 0) is 30.7 Å². The van der Waals surface area contributed by atoms with Crippen LogP contribution in [0.2, 0.25) is 0 Å². The van der Waals surface area contributed by atoms with E-state index in [2.05, 4.69) is 17.0 Å². The minimum Gasteiger partial charge on any atom is -0.497 e. The van der Waals surface area contributed by atoms with E-state index < -0.39 is 0 Å². The maximum atomic E-state index is 13.2. The number of hydrogen-bond donors (Lipinski definition) is 0. The molecule has 0 radical (unpaired) electrons. The van der Waals surface area contributed by atoms with E-state index in [1.54, 1.807) is 7.11 Å². The van der Waals surface area contributed by atoms with Crippen LogP contribution in [0.5, 0.6) is 5.75 Å². The van der Waals surface area contributed by atoms with Crippen LogP contribution in [0.25, 0.3) is 11.0 Å². The fourth-order valence-electron chi connectivity index (χ4n) is 3.86. The third-order valence-corrected chi connectivity index (χ3v) is 5.57. The Balaban J connectivity index is 1.42.